The van der Waals surface area contributed by atoms with Gasteiger partial charge in [-0.05, 0) is 42.3 Å². The summed E-state index contributed by atoms with van der Waals surface area (Å²) in [5, 5.41) is 4.67. The van der Waals surface area contributed by atoms with Crippen molar-refractivity contribution in [2.75, 3.05) is 0 Å². The largest absolute Gasteiger partial charge is 0.459 e. The molecule has 0 aliphatic rings. The Morgan fingerprint density at radius 3 is 2.43 bits per heavy atom. The molecular formula is C21H22ClN3O4S. The number of hydrogen-bond donors (Lipinski definition) is 1. The summed E-state index contributed by atoms with van der Waals surface area (Å²) < 4.78 is 34.7. The van der Waals surface area contributed by atoms with Gasteiger partial charge < -0.3 is 4.74 Å². The molecule has 0 radical (unpaired) electrons. The number of rotatable bonds is 8. The molecule has 0 fully saturated rings. The highest BCUT2D eigenvalue weighted by atomic mass is 35.5. The van der Waals surface area contributed by atoms with Crippen LogP contribution in [0.3, 0.4) is 0 Å². The van der Waals surface area contributed by atoms with Crippen LogP contribution < -0.4 is 4.72 Å². The molecule has 0 aliphatic heterocycles. The van der Waals surface area contributed by atoms with Crippen molar-refractivity contribution in [1.82, 2.24) is 14.5 Å². The van der Waals surface area contributed by atoms with E-state index in [-0.39, 0.29) is 17.4 Å². The molecule has 0 spiro atoms. The van der Waals surface area contributed by atoms with Crippen LogP contribution in [0.2, 0.25) is 5.02 Å². The monoisotopic (exact) mass is 447 g/mol. The van der Waals surface area contributed by atoms with E-state index in [1.165, 1.54) is 24.3 Å². The molecule has 1 atom stereocenters. The molecule has 0 amide bonds. The quantitative estimate of drug-likeness (QED) is 0.533. The standard InChI is InChI=1S/C21H22ClN3O4S/c1-15(2)20(24-30(27,28)19-10-8-17(22)9-11-19)21(26)29-14-16-12-23-25(13-16)18-6-4-3-5-7-18/h3-13,15,20,24H,14H2,1-2H3/t20-/m0/s1. The van der Waals surface area contributed by atoms with E-state index >= 15 is 0 Å². The third-order valence-electron chi connectivity index (χ3n) is 4.36. The highest BCUT2D eigenvalue weighted by Crippen LogP contribution is 2.17. The lowest BCUT2D eigenvalue weighted by Gasteiger charge is -2.20. The Morgan fingerprint density at radius 1 is 1.13 bits per heavy atom. The predicted octanol–water partition coefficient (Wildman–Crippen LogP) is 3.57. The minimum absolute atomic E-state index is 0.0163. The molecule has 3 rings (SSSR count). The Hall–Kier alpha value is -2.68. The lowest BCUT2D eigenvalue weighted by Crippen LogP contribution is -2.45. The number of hydrogen-bond acceptors (Lipinski definition) is 5. The average molecular weight is 448 g/mol. The van der Waals surface area contributed by atoms with Crippen molar-refractivity contribution in [1.29, 1.82) is 0 Å². The van der Waals surface area contributed by atoms with Crippen LogP contribution in [0.5, 0.6) is 0 Å². The molecule has 0 aliphatic carbocycles. The first-order valence-corrected chi connectivity index (χ1v) is 11.2. The Balaban J connectivity index is 1.66. The number of halogens is 1. The normalized spacial score (nSPS) is 12.7. The van der Waals surface area contributed by atoms with Crippen LogP contribution in [0.25, 0.3) is 5.69 Å². The highest BCUT2D eigenvalue weighted by Gasteiger charge is 2.29. The maximum atomic E-state index is 12.6. The van der Waals surface area contributed by atoms with Gasteiger partial charge in [-0.1, -0.05) is 43.6 Å². The number of ether oxygens (including phenoxy) is 1. The molecule has 7 nitrogen and oxygen atoms in total. The molecule has 1 aromatic heterocycles. The fourth-order valence-electron chi connectivity index (χ4n) is 2.71. The topological polar surface area (TPSA) is 90.3 Å². The molecule has 3 aromatic rings. The predicted molar refractivity (Wildman–Crippen MR) is 114 cm³/mol. The fourth-order valence-corrected chi connectivity index (χ4v) is 4.17. The number of nitrogens with zero attached hydrogens (tertiary/aromatic N) is 2. The first-order valence-electron chi connectivity index (χ1n) is 9.30. The first kappa shape index (κ1) is 22.0. The van der Waals surface area contributed by atoms with E-state index in [4.69, 9.17) is 16.3 Å². The third kappa shape index (κ3) is 5.47. The van der Waals surface area contributed by atoms with Gasteiger partial charge in [-0.2, -0.15) is 9.82 Å². The second-order valence-electron chi connectivity index (χ2n) is 7.03. The summed E-state index contributed by atoms with van der Waals surface area (Å²) in [7, 11) is -3.91. The number of esters is 1. The van der Waals surface area contributed by atoms with Crippen molar-refractivity contribution >= 4 is 27.6 Å². The van der Waals surface area contributed by atoms with Crippen molar-refractivity contribution in [3.05, 3.63) is 77.6 Å². The van der Waals surface area contributed by atoms with Gasteiger partial charge in [0.25, 0.3) is 0 Å². The van der Waals surface area contributed by atoms with E-state index < -0.39 is 22.0 Å². The lowest BCUT2D eigenvalue weighted by molar-refractivity contribution is -0.148. The van der Waals surface area contributed by atoms with Gasteiger partial charge >= 0.3 is 5.97 Å². The zero-order valence-electron chi connectivity index (χ0n) is 16.5. The molecule has 0 bridgehead atoms. The molecule has 0 unspecified atom stereocenters. The van der Waals surface area contributed by atoms with E-state index in [0.717, 1.165) is 5.69 Å². The number of carbonyl (C=O) groups excluding carboxylic acids is 1. The maximum absolute atomic E-state index is 12.6. The molecule has 0 saturated heterocycles. The van der Waals surface area contributed by atoms with Crippen LogP contribution in [-0.4, -0.2) is 30.2 Å². The molecule has 1 heterocycles. The van der Waals surface area contributed by atoms with Crippen LogP contribution >= 0.6 is 11.6 Å². The Morgan fingerprint density at radius 2 is 1.80 bits per heavy atom. The first-order chi connectivity index (χ1) is 14.3. The minimum Gasteiger partial charge on any atom is -0.459 e. The SMILES string of the molecule is CC(C)[C@H](NS(=O)(=O)c1ccc(Cl)cc1)C(=O)OCc1cnn(-c2ccccc2)c1. The number of para-hydroxylation sites is 1. The Bertz CT molecular complexity index is 1100. The van der Waals surface area contributed by atoms with Gasteiger partial charge in [0, 0.05) is 16.8 Å². The summed E-state index contributed by atoms with van der Waals surface area (Å²) in [6, 6.07) is 14.2. The molecule has 30 heavy (non-hydrogen) atoms. The molecule has 158 valence electrons. The van der Waals surface area contributed by atoms with Gasteiger partial charge in [0.2, 0.25) is 10.0 Å². The van der Waals surface area contributed by atoms with Gasteiger partial charge in [0.05, 0.1) is 16.8 Å². The van der Waals surface area contributed by atoms with E-state index in [9.17, 15) is 13.2 Å². The molecular weight excluding hydrogens is 426 g/mol. The van der Waals surface area contributed by atoms with Gasteiger partial charge in [0.15, 0.2) is 0 Å². The molecule has 9 heteroatoms. The summed E-state index contributed by atoms with van der Waals surface area (Å²) >= 11 is 5.81. The zero-order chi connectivity index (χ0) is 21.7. The van der Waals surface area contributed by atoms with Crippen molar-refractivity contribution in [2.24, 2.45) is 5.92 Å². The third-order valence-corrected chi connectivity index (χ3v) is 6.07. The van der Waals surface area contributed by atoms with Crippen LogP contribution in [0, 0.1) is 5.92 Å². The summed E-state index contributed by atoms with van der Waals surface area (Å²) in [6.45, 7) is 3.46. The average Bonchev–Trinajstić information content (AvgIpc) is 3.20. The van der Waals surface area contributed by atoms with Gasteiger partial charge in [-0.25, -0.2) is 13.1 Å². The molecule has 2 aromatic carbocycles. The van der Waals surface area contributed by atoms with Crippen LogP contribution in [0.15, 0.2) is 71.9 Å². The summed E-state index contributed by atoms with van der Waals surface area (Å²) in [6.07, 6.45) is 3.35. The Kier molecular flexibility index (Phi) is 6.91. The lowest BCUT2D eigenvalue weighted by atomic mass is 10.1. The molecule has 0 saturated carbocycles. The maximum Gasteiger partial charge on any atom is 0.324 e. The smallest absolute Gasteiger partial charge is 0.324 e. The van der Waals surface area contributed by atoms with Gasteiger partial charge in [-0.3, -0.25) is 4.79 Å². The Labute approximate surface area is 180 Å². The fraction of sp³-hybridized carbons (Fsp3) is 0.238. The minimum atomic E-state index is -3.91. The summed E-state index contributed by atoms with van der Waals surface area (Å²) in [5.74, 6) is -0.971. The second-order valence-corrected chi connectivity index (χ2v) is 9.18. The van der Waals surface area contributed by atoms with Gasteiger partial charge in [0.1, 0.15) is 12.6 Å². The van der Waals surface area contributed by atoms with Crippen molar-refractivity contribution in [2.45, 2.75) is 31.4 Å². The van der Waals surface area contributed by atoms with Crippen LogP contribution in [0.4, 0.5) is 0 Å². The number of benzene rings is 2. The number of sulfonamides is 1. The highest BCUT2D eigenvalue weighted by molar-refractivity contribution is 7.89. The molecule has 1 N–H and O–H groups in total. The van der Waals surface area contributed by atoms with Crippen molar-refractivity contribution < 1.29 is 17.9 Å². The zero-order valence-corrected chi connectivity index (χ0v) is 18.1. The van der Waals surface area contributed by atoms with Gasteiger partial charge in [-0.15, -0.1) is 0 Å². The van der Waals surface area contributed by atoms with E-state index in [1.54, 1.807) is 30.9 Å². The summed E-state index contributed by atoms with van der Waals surface area (Å²) in [5.41, 5.74) is 1.57. The second kappa shape index (κ2) is 9.42. The van der Waals surface area contributed by atoms with E-state index in [0.29, 0.717) is 10.6 Å². The van der Waals surface area contributed by atoms with Crippen LogP contribution in [-0.2, 0) is 26.2 Å². The number of nitrogens with one attached hydrogen (secondary N) is 1. The van der Waals surface area contributed by atoms with Crippen LogP contribution in [0.1, 0.15) is 19.4 Å². The van der Waals surface area contributed by atoms with E-state index in [2.05, 4.69) is 9.82 Å². The van der Waals surface area contributed by atoms with Crippen molar-refractivity contribution in [3.63, 3.8) is 0 Å². The number of aromatic nitrogens is 2. The van der Waals surface area contributed by atoms with E-state index in [1.807, 2.05) is 30.3 Å². The summed E-state index contributed by atoms with van der Waals surface area (Å²) in [4.78, 5) is 12.6. The number of carbonyl (C=O) groups is 1. The van der Waals surface area contributed by atoms with Crippen molar-refractivity contribution in [3.8, 4) is 5.69 Å².